The summed E-state index contributed by atoms with van der Waals surface area (Å²) in [7, 11) is 0. The van der Waals surface area contributed by atoms with Crippen molar-refractivity contribution in [1.29, 1.82) is 0 Å². The third-order valence-electron chi connectivity index (χ3n) is 5.03. The number of aliphatic carboxylic acids is 2. The molecule has 0 amide bonds. The molecule has 0 aliphatic heterocycles. The van der Waals surface area contributed by atoms with Crippen molar-refractivity contribution in [3.05, 3.63) is 0 Å². The van der Waals surface area contributed by atoms with Gasteiger partial charge in [-0.05, 0) is 18.8 Å². The summed E-state index contributed by atoms with van der Waals surface area (Å²) in [6, 6.07) is 0. The zero-order valence-electron chi connectivity index (χ0n) is 15.3. The Morgan fingerprint density at radius 2 is 1.25 bits per heavy atom. The molecule has 0 aromatic heterocycles. The van der Waals surface area contributed by atoms with Gasteiger partial charge in [0.1, 0.15) is 0 Å². The van der Waals surface area contributed by atoms with Crippen molar-refractivity contribution in [1.82, 2.24) is 0 Å². The second kappa shape index (κ2) is 15.7. The van der Waals surface area contributed by atoms with Crippen molar-refractivity contribution in [3.8, 4) is 0 Å². The SMILES string of the molecule is CCCCCCCCC(C(=O)O)(C(=O)O)C(CC)CCCCC.[BaH2]. The van der Waals surface area contributed by atoms with Gasteiger partial charge in [0, 0.05) is 0 Å². The molecule has 4 nitrogen and oxygen atoms in total. The molecule has 2 N–H and O–H groups in total. The topological polar surface area (TPSA) is 74.6 Å². The average Bonchev–Trinajstić information content (AvgIpc) is 2.51. The summed E-state index contributed by atoms with van der Waals surface area (Å²) < 4.78 is 0. The van der Waals surface area contributed by atoms with Crippen LogP contribution < -0.4 is 0 Å². The maximum absolute atomic E-state index is 11.9. The second-order valence-electron chi connectivity index (χ2n) is 6.70. The zero-order valence-corrected chi connectivity index (χ0v) is 15.3. The molecule has 0 heterocycles. The predicted molar refractivity (Wildman–Crippen MR) is 102 cm³/mol. The summed E-state index contributed by atoms with van der Waals surface area (Å²) in [4.78, 5) is 23.8. The van der Waals surface area contributed by atoms with E-state index >= 15 is 0 Å². The van der Waals surface area contributed by atoms with Crippen LogP contribution in [0.15, 0.2) is 0 Å². The first-order valence-corrected chi connectivity index (χ1v) is 9.44. The van der Waals surface area contributed by atoms with Crippen molar-refractivity contribution < 1.29 is 19.8 Å². The van der Waals surface area contributed by atoms with E-state index in [0.717, 1.165) is 38.5 Å². The van der Waals surface area contributed by atoms with Crippen LogP contribution in [0.4, 0.5) is 0 Å². The maximum atomic E-state index is 11.9. The van der Waals surface area contributed by atoms with Gasteiger partial charge in [0.25, 0.3) is 0 Å². The van der Waals surface area contributed by atoms with Crippen LogP contribution in [0.25, 0.3) is 0 Å². The third kappa shape index (κ3) is 8.75. The van der Waals surface area contributed by atoms with E-state index in [-0.39, 0.29) is 61.2 Å². The van der Waals surface area contributed by atoms with Gasteiger partial charge in [0.2, 0.25) is 0 Å². The Morgan fingerprint density at radius 1 is 0.792 bits per heavy atom. The second-order valence-corrected chi connectivity index (χ2v) is 6.70. The molecule has 0 aliphatic rings. The molecule has 140 valence electrons. The molecule has 0 saturated heterocycles. The first kappa shape index (κ1) is 26.7. The Labute approximate surface area is 188 Å². The Hall–Kier alpha value is 0.511. The number of carbonyl (C=O) groups is 2. The molecular formula is C19H38BaO4. The Kier molecular flexibility index (Phi) is 17.5. The van der Waals surface area contributed by atoms with E-state index in [0.29, 0.717) is 19.3 Å². The number of hydrogen-bond donors (Lipinski definition) is 2. The van der Waals surface area contributed by atoms with Gasteiger partial charge in [-0.15, -0.1) is 0 Å². The van der Waals surface area contributed by atoms with E-state index in [2.05, 4.69) is 13.8 Å². The van der Waals surface area contributed by atoms with E-state index in [1.54, 1.807) is 0 Å². The van der Waals surface area contributed by atoms with E-state index in [1.807, 2.05) is 6.92 Å². The zero-order chi connectivity index (χ0) is 17.7. The summed E-state index contributed by atoms with van der Waals surface area (Å²) in [5.41, 5.74) is -1.60. The van der Waals surface area contributed by atoms with Crippen LogP contribution >= 0.6 is 0 Å². The predicted octanol–water partition coefficient (Wildman–Crippen LogP) is 4.58. The fraction of sp³-hybridized carbons (Fsp3) is 0.895. The van der Waals surface area contributed by atoms with Gasteiger partial charge in [-0.2, -0.15) is 0 Å². The van der Waals surface area contributed by atoms with E-state index in [9.17, 15) is 19.8 Å². The van der Waals surface area contributed by atoms with E-state index < -0.39 is 17.4 Å². The molecule has 5 heteroatoms. The Morgan fingerprint density at radius 3 is 1.71 bits per heavy atom. The minimum absolute atomic E-state index is 0. The molecule has 0 aliphatic carbocycles. The van der Waals surface area contributed by atoms with Crippen LogP contribution in [0.2, 0.25) is 0 Å². The molecule has 24 heavy (non-hydrogen) atoms. The summed E-state index contributed by atoms with van der Waals surface area (Å²) in [5, 5.41) is 19.4. The van der Waals surface area contributed by atoms with Gasteiger partial charge in [-0.3, -0.25) is 9.59 Å². The van der Waals surface area contributed by atoms with Gasteiger partial charge >= 0.3 is 60.8 Å². The third-order valence-corrected chi connectivity index (χ3v) is 5.03. The molecule has 0 aromatic rings. The standard InChI is InChI=1S/C19H36O4.Ba.2H/c1-4-7-9-10-11-13-15-19(17(20)21,18(22)23)16(6-3)14-12-8-5-2;;;/h16H,4-15H2,1-3H3,(H,20,21)(H,22,23);;;. The summed E-state index contributed by atoms with van der Waals surface area (Å²) in [6.45, 7) is 6.17. The summed E-state index contributed by atoms with van der Waals surface area (Å²) in [6.07, 6.45) is 10.7. The van der Waals surface area contributed by atoms with Gasteiger partial charge in [0.15, 0.2) is 5.41 Å². The molecule has 0 bridgehead atoms. The molecule has 0 saturated carbocycles. The summed E-state index contributed by atoms with van der Waals surface area (Å²) in [5.74, 6) is -2.58. The number of carboxylic acids is 2. The van der Waals surface area contributed by atoms with Crippen LogP contribution in [0.1, 0.15) is 97.8 Å². The Bertz CT molecular complexity index is 330. The first-order chi connectivity index (χ1) is 11.0. The quantitative estimate of drug-likeness (QED) is 0.210. The van der Waals surface area contributed by atoms with Gasteiger partial charge in [-0.25, -0.2) is 0 Å². The molecule has 1 atom stereocenters. The van der Waals surface area contributed by atoms with Crippen LogP contribution in [0, 0.1) is 11.3 Å². The van der Waals surface area contributed by atoms with Crippen molar-refractivity contribution in [2.45, 2.75) is 97.8 Å². The van der Waals surface area contributed by atoms with Crippen LogP contribution in [0.3, 0.4) is 0 Å². The Balaban J connectivity index is 0. The first-order valence-electron chi connectivity index (χ1n) is 9.44. The molecule has 0 aromatic carbocycles. The van der Waals surface area contributed by atoms with Gasteiger partial charge < -0.3 is 10.2 Å². The van der Waals surface area contributed by atoms with Crippen LogP contribution in [0.5, 0.6) is 0 Å². The summed E-state index contributed by atoms with van der Waals surface area (Å²) >= 11 is 0. The fourth-order valence-corrected chi connectivity index (χ4v) is 3.48. The van der Waals surface area contributed by atoms with Gasteiger partial charge in [0.05, 0.1) is 0 Å². The number of carboxylic acid groups (broad SMARTS) is 2. The van der Waals surface area contributed by atoms with Crippen LogP contribution in [-0.2, 0) is 9.59 Å². The van der Waals surface area contributed by atoms with Crippen molar-refractivity contribution >= 4 is 60.8 Å². The van der Waals surface area contributed by atoms with E-state index in [1.165, 1.54) is 12.8 Å². The molecule has 0 rings (SSSR count). The molecule has 1 unspecified atom stereocenters. The van der Waals surface area contributed by atoms with Crippen molar-refractivity contribution in [2.75, 3.05) is 0 Å². The van der Waals surface area contributed by atoms with E-state index in [4.69, 9.17) is 0 Å². The molecular weight excluding hydrogens is 430 g/mol. The molecule has 0 fully saturated rings. The van der Waals surface area contributed by atoms with Crippen LogP contribution in [-0.4, -0.2) is 71.0 Å². The molecule has 0 radical (unpaired) electrons. The number of rotatable bonds is 15. The minimum atomic E-state index is -1.60. The number of unbranched alkanes of at least 4 members (excludes halogenated alkanes) is 7. The normalized spacial score (nSPS) is 12.5. The van der Waals surface area contributed by atoms with Gasteiger partial charge in [-0.1, -0.05) is 85.0 Å². The molecule has 0 spiro atoms. The monoisotopic (exact) mass is 468 g/mol. The van der Waals surface area contributed by atoms with Crippen molar-refractivity contribution in [3.63, 3.8) is 0 Å². The van der Waals surface area contributed by atoms with Crippen molar-refractivity contribution in [2.24, 2.45) is 11.3 Å². The fourth-order valence-electron chi connectivity index (χ4n) is 3.48. The number of hydrogen-bond acceptors (Lipinski definition) is 2. The average molecular weight is 468 g/mol.